The molecule has 142 valence electrons. The topological polar surface area (TPSA) is 96.9 Å². The number of halogens is 3. The van der Waals surface area contributed by atoms with E-state index in [2.05, 4.69) is 15.4 Å². The zero-order valence-electron chi connectivity index (χ0n) is 13.9. The fraction of sp³-hybridized carbons (Fsp3) is 0.375. The van der Waals surface area contributed by atoms with Crippen LogP contribution in [0.4, 0.5) is 18.0 Å². The summed E-state index contributed by atoms with van der Waals surface area (Å²) >= 11 is 0. The lowest BCUT2D eigenvalue weighted by Crippen LogP contribution is -2.45. The molecule has 1 heterocycles. The van der Waals surface area contributed by atoms with Crippen LogP contribution >= 0.6 is 0 Å². The molecule has 2 amide bonds. The van der Waals surface area contributed by atoms with Gasteiger partial charge >= 0.3 is 18.2 Å². The summed E-state index contributed by atoms with van der Waals surface area (Å²) in [6.07, 6.45) is -4.67. The molecule has 0 radical (unpaired) electrons. The molecule has 1 atom stereocenters. The number of carbonyl (C=O) groups excluding carboxylic acids is 2. The van der Waals surface area contributed by atoms with Gasteiger partial charge in [-0.2, -0.15) is 13.2 Å². The van der Waals surface area contributed by atoms with E-state index in [1.54, 1.807) is 6.92 Å². The van der Waals surface area contributed by atoms with Gasteiger partial charge < -0.3 is 25.2 Å². The highest BCUT2D eigenvalue weighted by Crippen LogP contribution is 2.34. The number of amides is 2. The van der Waals surface area contributed by atoms with Gasteiger partial charge in [0.1, 0.15) is 0 Å². The van der Waals surface area contributed by atoms with Crippen molar-refractivity contribution >= 4 is 12.0 Å². The largest absolute Gasteiger partial charge is 0.504 e. The van der Waals surface area contributed by atoms with Crippen molar-refractivity contribution in [2.75, 3.05) is 13.2 Å². The van der Waals surface area contributed by atoms with Crippen molar-refractivity contribution in [3.05, 3.63) is 35.0 Å². The molecule has 0 bridgehead atoms. The fourth-order valence-corrected chi connectivity index (χ4v) is 2.42. The molecule has 0 aromatic heterocycles. The summed E-state index contributed by atoms with van der Waals surface area (Å²) in [7, 11) is 0. The van der Waals surface area contributed by atoms with Crippen LogP contribution in [0.1, 0.15) is 25.5 Å². The van der Waals surface area contributed by atoms with Gasteiger partial charge in [0.25, 0.3) is 0 Å². The Labute approximate surface area is 146 Å². The van der Waals surface area contributed by atoms with Crippen LogP contribution in [0.3, 0.4) is 0 Å². The summed E-state index contributed by atoms with van der Waals surface area (Å²) in [5.74, 6) is -1.26. The maximum Gasteiger partial charge on any atom is 0.422 e. The van der Waals surface area contributed by atoms with Crippen LogP contribution in [0, 0.1) is 0 Å². The first-order valence-corrected chi connectivity index (χ1v) is 7.60. The molecule has 3 N–H and O–H groups in total. The summed E-state index contributed by atoms with van der Waals surface area (Å²) in [5.41, 5.74) is 0.221. The van der Waals surface area contributed by atoms with Gasteiger partial charge in [-0.15, -0.1) is 0 Å². The highest BCUT2D eigenvalue weighted by Gasteiger charge is 2.35. The normalized spacial score (nSPS) is 17.4. The minimum atomic E-state index is -4.67. The number of ether oxygens (including phenoxy) is 2. The van der Waals surface area contributed by atoms with E-state index in [1.807, 2.05) is 0 Å². The summed E-state index contributed by atoms with van der Waals surface area (Å²) < 4.78 is 46.5. The standard InChI is InChI=1S/C16H17F3N2O5/c1-3-25-11-6-9(4-5-10(11)22)13-12(8(2)20-15(24)21-13)14(23)26-7-16(17,18)19/h4-6,13,22H,3,7H2,1-2H3,(H2,20,21,24)/t13-/m1/s1. The third kappa shape index (κ3) is 4.58. The Morgan fingerprint density at radius 1 is 1.35 bits per heavy atom. The Hall–Kier alpha value is -2.91. The van der Waals surface area contributed by atoms with E-state index in [0.717, 1.165) is 0 Å². The Bertz CT molecular complexity index is 746. The molecule has 26 heavy (non-hydrogen) atoms. The predicted molar refractivity (Wildman–Crippen MR) is 83.4 cm³/mol. The quantitative estimate of drug-likeness (QED) is 0.688. The maximum absolute atomic E-state index is 12.3. The van der Waals surface area contributed by atoms with E-state index in [1.165, 1.54) is 25.1 Å². The number of phenols is 1. The Morgan fingerprint density at radius 2 is 2.04 bits per heavy atom. The molecule has 2 rings (SSSR count). The number of esters is 1. The average molecular weight is 374 g/mol. The second-order valence-corrected chi connectivity index (χ2v) is 5.42. The molecule has 0 saturated heterocycles. The molecule has 0 unspecified atom stereocenters. The SMILES string of the molecule is CCOc1cc([C@H]2NC(=O)NC(C)=C2C(=O)OCC(F)(F)F)ccc1O. The zero-order valence-corrected chi connectivity index (χ0v) is 13.9. The minimum absolute atomic E-state index is 0.0666. The van der Waals surface area contributed by atoms with Crippen molar-refractivity contribution in [2.45, 2.75) is 26.1 Å². The molecule has 1 aromatic carbocycles. The zero-order chi connectivity index (χ0) is 19.5. The number of allylic oxidation sites excluding steroid dienone is 1. The molecule has 0 aliphatic carbocycles. The summed E-state index contributed by atoms with van der Waals surface area (Å²) in [6, 6.07) is 2.40. The Kier molecular flexibility index (Phi) is 5.63. The van der Waals surface area contributed by atoms with Gasteiger partial charge in [0, 0.05) is 5.70 Å². The van der Waals surface area contributed by atoms with Crippen LogP contribution in [0.5, 0.6) is 11.5 Å². The smallest absolute Gasteiger partial charge is 0.422 e. The van der Waals surface area contributed by atoms with E-state index < -0.39 is 30.8 Å². The van der Waals surface area contributed by atoms with Gasteiger partial charge in [0.2, 0.25) is 0 Å². The molecule has 7 nitrogen and oxygen atoms in total. The van der Waals surface area contributed by atoms with E-state index in [4.69, 9.17) is 4.74 Å². The van der Waals surface area contributed by atoms with Crippen LogP contribution in [0.15, 0.2) is 29.5 Å². The lowest BCUT2D eigenvalue weighted by Gasteiger charge is -2.28. The van der Waals surface area contributed by atoms with Crippen molar-refractivity contribution in [3.63, 3.8) is 0 Å². The molecular weight excluding hydrogens is 357 g/mol. The number of benzene rings is 1. The predicted octanol–water partition coefficient (Wildman–Crippen LogP) is 2.52. The monoisotopic (exact) mass is 374 g/mol. The first kappa shape index (κ1) is 19.4. The van der Waals surface area contributed by atoms with Gasteiger partial charge in [-0.25, -0.2) is 9.59 Å². The lowest BCUT2D eigenvalue weighted by atomic mass is 9.95. The van der Waals surface area contributed by atoms with Crippen LogP contribution < -0.4 is 15.4 Å². The Balaban J connectivity index is 2.38. The number of alkyl halides is 3. The van der Waals surface area contributed by atoms with Crippen LogP contribution in [-0.2, 0) is 9.53 Å². The van der Waals surface area contributed by atoms with Crippen molar-refractivity contribution in [1.82, 2.24) is 10.6 Å². The van der Waals surface area contributed by atoms with E-state index in [0.29, 0.717) is 5.56 Å². The molecule has 1 aliphatic rings. The molecule has 1 aromatic rings. The number of aromatic hydroxyl groups is 1. The highest BCUT2D eigenvalue weighted by molar-refractivity contribution is 5.95. The van der Waals surface area contributed by atoms with E-state index in [9.17, 15) is 27.9 Å². The minimum Gasteiger partial charge on any atom is -0.504 e. The third-order valence-electron chi connectivity index (χ3n) is 3.47. The number of hydrogen-bond acceptors (Lipinski definition) is 5. The van der Waals surface area contributed by atoms with Crippen LogP contribution in [0.2, 0.25) is 0 Å². The molecule has 0 fully saturated rings. The van der Waals surface area contributed by atoms with Crippen molar-refractivity contribution < 1.29 is 37.3 Å². The average Bonchev–Trinajstić information content (AvgIpc) is 2.53. The van der Waals surface area contributed by atoms with Crippen LogP contribution in [-0.4, -0.2) is 36.5 Å². The molecule has 0 saturated carbocycles. The van der Waals surface area contributed by atoms with Gasteiger partial charge in [0.05, 0.1) is 18.2 Å². The van der Waals surface area contributed by atoms with E-state index in [-0.39, 0.29) is 29.4 Å². The molecule has 0 spiro atoms. The fourth-order valence-electron chi connectivity index (χ4n) is 2.42. The number of urea groups is 1. The Morgan fingerprint density at radius 3 is 2.65 bits per heavy atom. The maximum atomic E-state index is 12.3. The van der Waals surface area contributed by atoms with Crippen molar-refractivity contribution in [3.8, 4) is 11.5 Å². The van der Waals surface area contributed by atoms with E-state index >= 15 is 0 Å². The third-order valence-corrected chi connectivity index (χ3v) is 3.47. The second kappa shape index (κ2) is 7.54. The first-order valence-electron chi connectivity index (χ1n) is 7.60. The van der Waals surface area contributed by atoms with Gasteiger partial charge in [-0.1, -0.05) is 6.07 Å². The lowest BCUT2D eigenvalue weighted by molar-refractivity contribution is -0.183. The molecule has 1 aliphatic heterocycles. The first-order chi connectivity index (χ1) is 12.1. The van der Waals surface area contributed by atoms with Crippen LogP contribution in [0.25, 0.3) is 0 Å². The van der Waals surface area contributed by atoms with Gasteiger partial charge in [-0.05, 0) is 31.5 Å². The number of carbonyl (C=O) groups is 2. The number of phenolic OH excluding ortho intramolecular Hbond substituents is 1. The summed E-state index contributed by atoms with van der Waals surface area (Å²) in [5, 5.41) is 14.5. The van der Waals surface area contributed by atoms with Crippen molar-refractivity contribution in [1.29, 1.82) is 0 Å². The second-order valence-electron chi connectivity index (χ2n) is 5.42. The highest BCUT2D eigenvalue weighted by atomic mass is 19.4. The number of rotatable bonds is 5. The van der Waals surface area contributed by atoms with Gasteiger partial charge in [-0.3, -0.25) is 0 Å². The van der Waals surface area contributed by atoms with Gasteiger partial charge in [0.15, 0.2) is 18.1 Å². The van der Waals surface area contributed by atoms with Crippen molar-refractivity contribution in [2.24, 2.45) is 0 Å². The molecule has 10 heteroatoms. The number of hydrogen-bond donors (Lipinski definition) is 3. The summed E-state index contributed by atoms with van der Waals surface area (Å²) in [4.78, 5) is 23.9. The summed E-state index contributed by atoms with van der Waals surface area (Å²) in [6.45, 7) is 1.58. The number of nitrogens with one attached hydrogen (secondary N) is 2. The molecular formula is C16H17F3N2O5.